The van der Waals surface area contributed by atoms with Gasteiger partial charge >= 0.3 is 0 Å². The van der Waals surface area contributed by atoms with Gasteiger partial charge in [0.25, 0.3) is 5.56 Å². The number of rotatable bonds is 5. The maximum absolute atomic E-state index is 13.8. The van der Waals surface area contributed by atoms with Crippen molar-refractivity contribution in [1.82, 2.24) is 19.3 Å². The number of halogens is 1. The van der Waals surface area contributed by atoms with Crippen molar-refractivity contribution in [2.45, 2.75) is 31.9 Å². The highest BCUT2D eigenvalue weighted by Crippen LogP contribution is 2.24. The molecule has 2 aromatic carbocycles. The lowest BCUT2D eigenvalue weighted by Crippen LogP contribution is -2.35. The number of anilines is 1. The van der Waals surface area contributed by atoms with E-state index in [1.54, 1.807) is 16.7 Å². The molecule has 182 valence electrons. The predicted molar refractivity (Wildman–Crippen MR) is 138 cm³/mol. The van der Waals surface area contributed by atoms with Crippen LogP contribution in [0.5, 0.6) is 0 Å². The van der Waals surface area contributed by atoms with Crippen LogP contribution in [-0.4, -0.2) is 43.6 Å². The Hall–Kier alpha value is -4.04. The summed E-state index contributed by atoms with van der Waals surface area (Å²) in [4.78, 5) is 19.4. The van der Waals surface area contributed by atoms with Crippen LogP contribution in [0.3, 0.4) is 0 Å². The van der Waals surface area contributed by atoms with Gasteiger partial charge in [0.2, 0.25) is 0 Å². The summed E-state index contributed by atoms with van der Waals surface area (Å²) < 4.78 is 17.1. The SMILES string of the molecule is O=c1ccc(-n2ccc3ccc(F)cc32)nn1CCc1ccc2ncc(N3CCC(O)CC3)cc2c1. The lowest BCUT2D eigenvalue weighted by molar-refractivity contribution is 0.145. The largest absolute Gasteiger partial charge is 0.393 e. The molecular weight excluding hydrogens is 457 g/mol. The van der Waals surface area contributed by atoms with E-state index in [2.05, 4.69) is 27.1 Å². The zero-order valence-corrected chi connectivity index (χ0v) is 19.7. The predicted octanol–water partition coefficient (Wildman–Crippen LogP) is 4.08. The summed E-state index contributed by atoms with van der Waals surface area (Å²) in [5.41, 5.74) is 3.59. The molecule has 36 heavy (non-hydrogen) atoms. The van der Waals surface area contributed by atoms with Gasteiger partial charge in [-0.1, -0.05) is 6.07 Å². The van der Waals surface area contributed by atoms with Gasteiger partial charge < -0.3 is 10.0 Å². The summed E-state index contributed by atoms with van der Waals surface area (Å²) in [6, 6.07) is 18.0. The molecule has 1 aliphatic heterocycles. The summed E-state index contributed by atoms with van der Waals surface area (Å²) in [7, 11) is 0. The number of hydrogen-bond acceptors (Lipinski definition) is 5. The summed E-state index contributed by atoms with van der Waals surface area (Å²) >= 11 is 0. The molecule has 1 saturated heterocycles. The number of benzene rings is 2. The van der Waals surface area contributed by atoms with Crippen LogP contribution in [0.25, 0.3) is 27.6 Å². The average molecular weight is 484 g/mol. The molecule has 4 heterocycles. The maximum atomic E-state index is 13.8. The molecule has 5 aromatic rings. The molecule has 0 spiro atoms. The van der Waals surface area contributed by atoms with Gasteiger partial charge in [0.05, 0.1) is 29.0 Å². The molecule has 0 aliphatic carbocycles. The van der Waals surface area contributed by atoms with Crippen molar-refractivity contribution in [3.8, 4) is 5.82 Å². The van der Waals surface area contributed by atoms with Gasteiger partial charge in [0.15, 0.2) is 5.82 Å². The summed E-state index contributed by atoms with van der Waals surface area (Å²) in [5, 5.41) is 16.3. The zero-order chi connectivity index (χ0) is 24.6. The first-order valence-corrected chi connectivity index (χ1v) is 12.2. The lowest BCUT2D eigenvalue weighted by Gasteiger charge is -2.31. The Morgan fingerprint density at radius 1 is 0.972 bits per heavy atom. The number of piperidine rings is 1. The van der Waals surface area contributed by atoms with Gasteiger partial charge in [-0.2, -0.15) is 5.10 Å². The smallest absolute Gasteiger partial charge is 0.266 e. The summed E-state index contributed by atoms with van der Waals surface area (Å²) in [6.07, 6.45) is 5.69. The van der Waals surface area contributed by atoms with E-state index in [1.165, 1.54) is 22.9 Å². The maximum Gasteiger partial charge on any atom is 0.266 e. The number of aliphatic hydroxyl groups is 1. The fourth-order valence-electron chi connectivity index (χ4n) is 4.89. The molecule has 0 unspecified atom stereocenters. The number of hydrogen-bond donors (Lipinski definition) is 1. The monoisotopic (exact) mass is 483 g/mol. The van der Waals surface area contributed by atoms with Crippen LogP contribution in [0.15, 0.2) is 77.9 Å². The minimum absolute atomic E-state index is 0.182. The second-order valence-corrected chi connectivity index (χ2v) is 9.33. The van der Waals surface area contributed by atoms with E-state index in [-0.39, 0.29) is 17.5 Å². The fraction of sp³-hybridized carbons (Fsp3) is 0.250. The number of fused-ring (bicyclic) bond motifs is 2. The molecule has 1 N–H and O–H groups in total. The molecule has 1 aliphatic rings. The van der Waals surface area contributed by atoms with Crippen LogP contribution in [-0.2, 0) is 13.0 Å². The molecule has 0 atom stereocenters. The molecule has 1 fully saturated rings. The highest BCUT2D eigenvalue weighted by atomic mass is 19.1. The number of pyridine rings is 1. The molecule has 6 rings (SSSR count). The van der Waals surface area contributed by atoms with E-state index in [0.29, 0.717) is 24.3 Å². The minimum Gasteiger partial charge on any atom is -0.393 e. The number of nitrogens with zero attached hydrogens (tertiary/aromatic N) is 5. The zero-order valence-electron chi connectivity index (χ0n) is 19.7. The van der Waals surface area contributed by atoms with Crippen molar-refractivity contribution >= 4 is 27.5 Å². The van der Waals surface area contributed by atoms with Crippen LogP contribution in [0, 0.1) is 5.82 Å². The van der Waals surface area contributed by atoms with Crippen molar-refractivity contribution in [1.29, 1.82) is 0 Å². The van der Waals surface area contributed by atoms with Crippen molar-refractivity contribution in [3.05, 3.63) is 94.8 Å². The Bertz CT molecular complexity index is 1620. The van der Waals surface area contributed by atoms with Gasteiger partial charge in [-0.05, 0) is 73.4 Å². The molecule has 0 radical (unpaired) electrons. The van der Waals surface area contributed by atoms with E-state index < -0.39 is 0 Å². The van der Waals surface area contributed by atoms with Crippen LogP contribution in [0.2, 0.25) is 0 Å². The topological polar surface area (TPSA) is 76.2 Å². The Morgan fingerprint density at radius 3 is 2.69 bits per heavy atom. The molecule has 3 aromatic heterocycles. The lowest BCUT2D eigenvalue weighted by atomic mass is 10.1. The first kappa shape index (κ1) is 22.4. The number of aryl methyl sites for hydroxylation is 2. The van der Waals surface area contributed by atoms with Crippen molar-refractivity contribution in [2.75, 3.05) is 18.0 Å². The number of aliphatic hydroxyl groups excluding tert-OH is 1. The van der Waals surface area contributed by atoms with Crippen LogP contribution in [0.4, 0.5) is 10.1 Å². The second-order valence-electron chi connectivity index (χ2n) is 9.33. The van der Waals surface area contributed by atoms with Crippen molar-refractivity contribution in [3.63, 3.8) is 0 Å². The molecule has 0 bridgehead atoms. The van der Waals surface area contributed by atoms with E-state index in [4.69, 9.17) is 0 Å². The Labute approximate surface area is 207 Å². The van der Waals surface area contributed by atoms with Gasteiger partial charge in [-0.15, -0.1) is 0 Å². The van der Waals surface area contributed by atoms with Crippen LogP contribution < -0.4 is 10.5 Å². The Kier molecular flexibility index (Phi) is 5.73. The molecule has 8 heteroatoms. The average Bonchev–Trinajstić information content (AvgIpc) is 3.31. The van der Waals surface area contributed by atoms with E-state index in [1.807, 2.05) is 30.6 Å². The Balaban J connectivity index is 1.24. The standard InChI is InChI=1S/C28H26FN5O2/c29-22-3-2-20-8-13-33(26(20)17-22)27-5-6-28(36)34(31-27)14-7-19-1-4-25-21(15-19)16-23(18-30-25)32-11-9-24(35)10-12-32/h1-6,8,13,15-18,24,35H,7,9-12,14H2. The van der Waals surface area contributed by atoms with E-state index in [0.717, 1.165) is 53.5 Å². The van der Waals surface area contributed by atoms with Gasteiger partial charge in [-0.25, -0.2) is 9.07 Å². The van der Waals surface area contributed by atoms with Crippen LogP contribution in [0.1, 0.15) is 18.4 Å². The third kappa shape index (κ3) is 4.35. The minimum atomic E-state index is -0.317. The van der Waals surface area contributed by atoms with Crippen LogP contribution >= 0.6 is 0 Å². The first-order chi connectivity index (χ1) is 17.5. The van der Waals surface area contributed by atoms with E-state index in [9.17, 15) is 14.3 Å². The molecule has 7 nitrogen and oxygen atoms in total. The first-order valence-electron chi connectivity index (χ1n) is 12.2. The Morgan fingerprint density at radius 2 is 1.83 bits per heavy atom. The second kappa shape index (κ2) is 9.20. The van der Waals surface area contributed by atoms with E-state index >= 15 is 0 Å². The number of aromatic nitrogens is 4. The molecular formula is C28H26FN5O2. The highest BCUT2D eigenvalue weighted by Gasteiger charge is 2.17. The quantitative estimate of drug-likeness (QED) is 0.408. The third-order valence-corrected chi connectivity index (χ3v) is 6.93. The van der Waals surface area contributed by atoms with Gasteiger partial charge in [-0.3, -0.25) is 14.3 Å². The normalized spacial score (nSPS) is 14.7. The third-order valence-electron chi connectivity index (χ3n) is 6.93. The molecule has 0 saturated carbocycles. The van der Waals surface area contributed by atoms with Crippen molar-refractivity contribution < 1.29 is 9.50 Å². The summed E-state index contributed by atoms with van der Waals surface area (Å²) in [5.74, 6) is 0.247. The molecule has 0 amide bonds. The summed E-state index contributed by atoms with van der Waals surface area (Å²) in [6.45, 7) is 2.06. The van der Waals surface area contributed by atoms with Crippen molar-refractivity contribution in [2.24, 2.45) is 0 Å². The fourth-order valence-corrected chi connectivity index (χ4v) is 4.89. The van der Waals surface area contributed by atoms with Gasteiger partial charge in [0.1, 0.15) is 5.82 Å². The highest BCUT2D eigenvalue weighted by molar-refractivity contribution is 5.83. The van der Waals surface area contributed by atoms with Gasteiger partial charge in [0, 0.05) is 42.7 Å².